The van der Waals surface area contributed by atoms with Crippen LogP contribution in [-0.4, -0.2) is 35.0 Å². The molecule has 150 valence electrons. The van der Waals surface area contributed by atoms with E-state index in [1.165, 1.54) is 5.57 Å². The first-order chi connectivity index (χ1) is 12.9. The molecule has 0 aromatic heterocycles. The van der Waals surface area contributed by atoms with Gasteiger partial charge in [0, 0.05) is 6.42 Å². The molecule has 4 nitrogen and oxygen atoms in total. The molecule has 0 spiro atoms. The summed E-state index contributed by atoms with van der Waals surface area (Å²) in [5.74, 6) is -0.473. The van der Waals surface area contributed by atoms with E-state index in [4.69, 9.17) is 4.74 Å². The van der Waals surface area contributed by atoms with Crippen molar-refractivity contribution >= 4 is 5.97 Å². The summed E-state index contributed by atoms with van der Waals surface area (Å²) < 4.78 is 5.54. The highest BCUT2D eigenvalue weighted by Crippen LogP contribution is 2.16. The molecule has 0 aliphatic carbocycles. The Balaban J connectivity index is 3.07. The molecule has 0 aromatic rings. The Morgan fingerprint density at radius 1 is 1.19 bits per heavy atom. The van der Waals surface area contributed by atoms with E-state index < -0.39 is 12.1 Å². The first kappa shape index (κ1) is 23.1. The van der Waals surface area contributed by atoms with Gasteiger partial charge in [0.15, 0.2) is 0 Å². The van der Waals surface area contributed by atoms with Crippen LogP contribution >= 0.6 is 0 Å². The second-order valence-electron chi connectivity index (χ2n) is 7.13. The van der Waals surface area contributed by atoms with Crippen LogP contribution in [0, 0.1) is 0 Å². The van der Waals surface area contributed by atoms with Gasteiger partial charge in [0.2, 0.25) is 0 Å². The van der Waals surface area contributed by atoms with E-state index in [9.17, 15) is 15.0 Å². The Kier molecular flexibility index (Phi) is 10.7. The van der Waals surface area contributed by atoms with E-state index >= 15 is 0 Å². The summed E-state index contributed by atoms with van der Waals surface area (Å²) in [7, 11) is 0. The average Bonchev–Trinajstić information content (AvgIpc) is 2.64. The fraction of sp³-hybridized carbons (Fsp3) is 0.522. The van der Waals surface area contributed by atoms with Crippen LogP contribution in [0.15, 0.2) is 58.7 Å². The quantitative estimate of drug-likeness (QED) is 0.549. The SMILES string of the molecule is CCC1C/C=C(C)/C=C(\C)C(O)C/C=C(\C)CC/C=C/C=C(\CO)C(=O)O1. The first-order valence-electron chi connectivity index (χ1n) is 9.73. The predicted molar refractivity (Wildman–Crippen MR) is 110 cm³/mol. The molecule has 4 heteroatoms. The van der Waals surface area contributed by atoms with Crippen molar-refractivity contribution in [2.24, 2.45) is 0 Å². The molecule has 0 saturated carbocycles. The van der Waals surface area contributed by atoms with Crippen LogP contribution in [0.5, 0.6) is 0 Å². The lowest BCUT2D eigenvalue weighted by Gasteiger charge is -2.16. The third-order valence-electron chi connectivity index (χ3n) is 4.67. The summed E-state index contributed by atoms with van der Waals surface area (Å²) >= 11 is 0. The number of carbonyl (C=O) groups is 1. The number of ether oxygens (including phenoxy) is 1. The average molecular weight is 375 g/mol. The van der Waals surface area contributed by atoms with Gasteiger partial charge in [-0.2, -0.15) is 0 Å². The van der Waals surface area contributed by atoms with E-state index in [2.05, 4.69) is 13.0 Å². The number of hydrogen-bond acceptors (Lipinski definition) is 4. The molecular formula is C23H34O4. The summed E-state index contributed by atoms with van der Waals surface area (Å²) in [6.45, 7) is 7.60. The molecule has 0 fully saturated rings. The molecule has 2 atom stereocenters. The highest BCUT2D eigenvalue weighted by molar-refractivity contribution is 5.89. The maximum atomic E-state index is 12.3. The number of aliphatic hydroxyl groups excluding tert-OH is 2. The zero-order valence-corrected chi connectivity index (χ0v) is 17.1. The lowest BCUT2D eigenvalue weighted by molar-refractivity contribution is -0.144. The van der Waals surface area contributed by atoms with Crippen molar-refractivity contribution in [3.05, 3.63) is 58.7 Å². The fourth-order valence-corrected chi connectivity index (χ4v) is 2.73. The van der Waals surface area contributed by atoms with Gasteiger partial charge in [-0.15, -0.1) is 0 Å². The summed E-state index contributed by atoms with van der Waals surface area (Å²) in [6, 6.07) is 0. The number of aliphatic hydroxyl groups is 2. The van der Waals surface area contributed by atoms with Gasteiger partial charge < -0.3 is 14.9 Å². The van der Waals surface area contributed by atoms with Crippen LogP contribution in [0.25, 0.3) is 0 Å². The molecule has 1 rings (SSSR count). The maximum Gasteiger partial charge on any atom is 0.336 e. The standard InChI is InChI=1S/C23H34O4/c1-5-21-13-11-18(3)15-19(4)22(25)14-12-17(2)9-7-6-8-10-20(16-24)23(26)27-21/h6,8,10-12,15,21-22,24-25H,5,7,9,13-14,16H2,1-4H3/b8-6+,17-12+,18-11+,19-15+,20-10+. The van der Waals surface area contributed by atoms with Crippen molar-refractivity contribution in [1.82, 2.24) is 0 Å². The van der Waals surface area contributed by atoms with Gasteiger partial charge in [0.1, 0.15) is 6.10 Å². The van der Waals surface area contributed by atoms with Gasteiger partial charge in [-0.3, -0.25) is 0 Å². The zero-order valence-electron chi connectivity index (χ0n) is 17.1. The van der Waals surface area contributed by atoms with Crippen LogP contribution in [0.3, 0.4) is 0 Å². The molecular weight excluding hydrogens is 340 g/mol. The van der Waals surface area contributed by atoms with Crippen LogP contribution in [0.4, 0.5) is 0 Å². The Morgan fingerprint density at radius 2 is 1.93 bits per heavy atom. The largest absolute Gasteiger partial charge is 0.459 e. The summed E-state index contributed by atoms with van der Waals surface area (Å²) in [5.41, 5.74) is 3.43. The summed E-state index contributed by atoms with van der Waals surface area (Å²) in [4.78, 5) is 12.3. The van der Waals surface area contributed by atoms with E-state index in [-0.39, 0.29) is 18.3 Å². The van der Waals surface area contributed by atoms with Gasteiger partial charge >= 0.3 is 5.97 Å². The van der Waals surface area contributed by atoms with Gasteiger partial charge in [-0.25, -0.2) is 4.79 Å². The second-order valence-corrected chi connectivity index (χ2v) is 7.13. The van der Waals surface area contributed by atoms with Gasteiger partial charge in [0.05, 0.1) is 18.3 Å². The minimum Gasteiger partial charge on any atom is -0.459 e. The van der Waals surface area contributed by atoms with Gasteiger partial charge in [0.25, 0.3) is 0 Å². The fourth-order valence-electron chi connectivity index (χ4n) is 2.73. The van der Waals surface area contributed by atoms with E-state index in [0.717, 1.165) is 24.0 Å². The minimum atomic E-state index is -0.493. The topological polar surface area (TPSA) is 66.8 Å². The zero-order chi connectivity index (χ0) is 20.2. The number of rotatable bonds is 2. The second kappa shape index (κ2) is 12.5. The van der Waals surface area contributed by atoms with Crippen molar-refractivity contribution < 1.29 is 19.7 Å². The molecule has 1 aliphatic heterocycles. The highest BCUT2D eigenvalue weighted by atomic mass is 16.5. The number of allylic oxidation sites excluding steroid dienone is 6. The number of esters is 1. The van der Waals surface area contributed by atoms with Crippen molar-refractivity contribution in [3.8, 4) is 0 Å². The molecule has 27 heavy (non-hydrogen) atoms. The molecule has 2 N–H and O–H groups in total. The van der Waals surface area contributed by atoms with Crippen molar-refractivity contribution in [2.45, 2.75) is 72.0 Å². The molecule has 0 aromatic carbocycles. The van der Waals surface area contributed by atoms with Gasteiger partial charge in [-0.1, -0.05) is 48.5 Å². The molecule has 0 radical (unpaired) electrons. The number of carbonyl (C=O) groups excluding carboxylic acids is 1. The molecule has 0 saturated heterocycles. The number of cyclic esters (lactones) is 1. The highest BCUT2D eigenvalue weighted by Gasteiger charge is 2.15. The molecule has 0 bridgehead atoms. The third kappa shape index (κ3) is 9.03. The van der Waals surface area contributed by atoms with Crippen LogP contribution in [0.2, 0.25) is 0 Å². The molecule has 1 aliphatic rings. The monoisotopic (exact) mass is 374 g/mol. The molecule has 0 amide bonds. The lowest BCUT2D eigenvalue weighted by atomic mass is 10.0. The van der Waals surface area contributed by atoms with Gasteiger partial charge in [-0.05, 0) is 58.1 Å². The summed E-state index contributed by atoms with van der Waals surface area (Å²) in [5, 5.41) is 19.8. The smallest absolute Gasteiger partial charge is 0.336 e. The van der Waals surface area contributed by atoms with Crippen molar-refractivity contribution in [1.29, 1.82) is 0 Å². The summed E-state index contributed by atoms with van der Waals surface area (Å²) in [6.07, 6.45) is 14.3. The lowest BCUT2D eigenvalue weighted by Crippen LogP contribution is -2.19. The van der Waals surface area contributed by atoms with E-state index in [1.54, 1.807) is 12.2 Å². The number of hydrogen-bond donors (Lipinski definition) is 2. The van der Waals surface area contributed by atoms with Crippen LogP contribution in [0.1, 0.15) is 59.8 Å². The van der Waals surface area contributed by atoms with Crippen LogP contribution in [-0.2, 0) is 9.53 Å². The Morgan fingerprint density at radius 3 is 2.59 bits per heavy atom. The van der Waals surface area contributed by atoms with E-state index in [0.29, 0.717) is 19.3 Å². The Bertz CT molecular complexity index is 635. The van der Waals surface area contributed by atoms with Crippen LogP contribution < -0.4 is 0 Å². The molecule has 2 unspecified atom stereocenters. The predicted octanol–water partition coefficient (Wildman–Crippen LogP) is 4.56. The minimum absolute atomic E-state index is 0.241. The van der Waals surface area contributed by atoms with E-state index in [1.807, 2.05) is 39.0 Å². The normalized spacial score (nSPS) is 32.9. The van der Waals surface area contributed by atoms with Crippen molar-refractivity contribution in [3.63, 3.8) is 0 Å². The third-order valence-corrected chi connectivity index (χ3v) is 4.67. The molecule has 1 heterocycles. The van der Waals surface area contributed by atoms with Crippen molar-refractivity contribution in [2.75, 3.05) is 6.61 Å². The Hall–Kier alpha value is -1.91. The Labute approximate surface area is 163 Å². The maximum absolute atomic E-state index is 12.3. The first-order valence-corrected chi connectivity index (χ1v) is 9.73.